The first-order chi connectivity index (χ1) is 8.43. The third-order valence-corrected chi connectivity index (χ3v) is 3.82. The Bertz CT molecular complexity index is 386. The van der Waals surface area contributed by atoms with E-state index in [0.717, 1.165) is 5.56 Å². The molecule has 0 heterocycles. The molecule has 2 atom stereocenters. The Hall–Kier alpha value is -0.970. The molecule has 1 aromatic rings. The van der Waals surface area contributed by atoms with E-state index in [1.807, 2.05) is 20.0 Å². The van der Waals surface area contributed by atoms with Crippen molar-refractivity contribution in [1.82, 2.24) is 4.90 Å². The number of benzene rings is 1. The number of hydrogen-bond acceptors (Lipinski definition) is 3. The number of hydrogen-bond donors (Lipinski definition) is 1. The van der Waals surface area contributed by atoms with Crippen molar-refractivity contribution < 1.29 is 9.13 Å². The predicted octanol–water partition coefficient (Wildman–Crippen LogP) is 2.01. The molecule has 102 valence electrons. The van der Waals surface area contributed by atoms with Gasteiger partial charge in [-0.1, -0.05) is 12.1 Å². The van der Waals surface area contributed by atoms with Crippen LogP contribution in [0.5, 0.6) is 0 Å². The monoisotopic (exact) mass is 254 g/mol. The molecule has 1 rings (SSSR count). The van der Waals surface area contributed by atoms with E-state index in [1.165, 1.54) is 6.07 Å². The third kappa shape index (κ3) is 3.28. The molecule has 0 radical (unpaired) electrons. The number of ether oxygens (including phenoxy) is 1. The first-order valence-electron chi connectivity index (χ1n) is 6.12. The van der Waals surface area contributed by atoms with Crippen molar-refractivity contribution in [3.63, 3.8) is 0 Å². The minimum absolute atomic E-state index is 0.000981. The van der Waals surface area contributed by atoms with E-state index >= 15 is 0 Å². The summed E-state index contributed by atoms with van der Waals surface area (Å²) in [4.78, 5) is 2.11. The summed E-state index contributed by atoms with van der Waals surface area (Å²) >= 11 is 0. The van der Waals surface area contributed by atoms with Crippen LogP contribution in [-0.2, 0) is 11.3 Å². The summed E-state index contributed by atoms with van der Waals surface area (Å²) in [6.45, 7) is 5.17. The second-order valence-corrected chi connectivity index (χ2v) is 4.93. The topological polar surface area (TPSA) is 38.5 Å². The van der Waals surface area contributed by atoms with E-state index in [1.54, 1.807) is 19.2 Å². The van der Waals surface area contributed by atoms with Crippen LogP contribution in [0, 0.1) is 5.82 Å². The number of halogens is 1. The number of likely N-dealkylation sites (N-methyl/N-ethyl adjacent to an activating group) is 1. The van der Waals surface area contributed by atoms with E-state index in [9.17, 15) is 4.39 Å². The summed E-state index contributed by atoms with van der Waals surface area (Å²) < 4.78 is 18.5. The fourth-order valence-electron chi connectivity index (χ4n) is 1.98. The molecule has 3 nitrogen and oxygen atoms in total. The highest BCUT2D eigenvalue weighted by Gasteiger charge is 2.34. The van der Waals surface area contributed by atoms with Gasteiger partial charge in [0, 0.05) is 20.2 Å². The molecule has 2 N–H and O–H groups in total. The first kappa shape index (κ1) is 15.1. The van der Waals surface area contributed by atoms with Crippen molar-refractivity contribution in [2.45, 2.75) is 32.0 Å². The van der Waals surface area contributed by atoms with Gasteiger partial charge in [0.15, 0.2) is 0 Å². The average Bonchev–Trinajstić information content (AvgIpc) is 2.36. The summed E-state index contributed by atoms with van der Waals surface area (Å²) in [6, 6.07) is 6.63. The molecular weight excluding hydrogens is 231 g/mol. The molecule has 0 amide bonds. The van der Waals surface area contributed by atoms with Crippen LogP contribution in [-0.4, -0.2) is 37.2 Å². The van der Waals surface area contributed by atoms with Crippen molar-refractivity contribution in [2.75, 3.05) is 20.7 Å². The Morgan fingerprint density at radius 2 is 2.17 bits per heavy atom. The van der Waals surface area contributed by atoms with Gasteiger partial charge in [0.25, 0.3) is 0 Å². The Kier molecular flexibility index (Phi) is 5.26. The van der Waals surface area contributed by atoms with Gasteiger partial charge in [0.2, 0.25) is 0 Å². The van der Waals surface area contributed by atoms with Gasteiger partial charge in [-0.2, -0.15) is 0 Å². The zero-order chi connectivity index (χ0) is 13.8. The van der Waals surface area contributed by atoms with Crippen LogP contribution < -0.4 is 5.73 Å². The minimum atomic E-state index is -0.277. The first-order valence-corrected chi connectivity index (χ1v) is 6.12. The van der Waals surface area contributed by atoms with Gasteiger partial charge in [-0.15, -0.1) is 0 Å². The maximum absolute atomic E-state index is 13.2. The normalized spacial score (nSPS) is 16.6. The third-order valence-electron chi connectivity index (χ3n) is 3.82. The van der Waals surface area contributed by atoms with Crippen LogP contribution >= 0.6 is 0 Å². The van der Waals surface area contributed by atoms with Crippen LogP contribution in [0.4, 0.5) is 4.39 Å². The molecule has 0 saturated heterocycles. The molecule has 2 unspecified atom stereocenters. The molecule has 0 aliphatic carbocycles. The fourth-order valence-corrected chi connectivity index (χ4v) is 1.98. The Labute approximate surface area is 109 Å². The van der Waals surface area contributed by atoms with Gasteiger partial charge in [-0.3, -0.25) is 4.90 Å². The van der Waals surface area contributed by atoms with Crippen molar-refractivity contribution in [3.8, 4) is 0 Å². The lowest BCUT2D eigenvalue weighted by Crippen LogP contribution is -2.57. The summed E-state index contributed by atoms with van der Waals surface area (Å²) in [5.41, 5.74) is 6.53. The number of nitrogens with zero attached hydrogens (tertiary/aromatic N) is 1. The van der Waals surface area contributed by atoms with Gasteiger partial charge in [-0.25, -0.2) is 4.39 Å². The maximum atomic E-state index is 13.2. The van der Waals surface area contributed by atoms with Crippen molar-refractivity contribution >= 4 is 0 Å². The highest BCUT2D eigenvalue weighted by molar-refractivity contribution is 5.16. The molecule has 18 heavy (non-hydrogen) atoms. The lowest BCUT2D eigenvalue weighted by Gasteiger charge is -2.42. The van der Waals surface area contributed by atoms with E-state index in [0.29, 0.717) is 13.1 Å². The molecule has 0 fully saturated rings. The van der Waals surface area contributed by atoms with Crippen LogP contribution in [0.15, 0.2) is 24.3 Å². The average molecular weight is 254 g/mol. The summed E-state index contributed by atoms with van der Waals surface area (Å²) in [7, 11) is 3.65. The van der Waals surface area contributed by atoms with Gasteiger partial charge in [-0.05, 0) is 38.6 Å². The van der Waals surface area contributed by atoms with Crippen LogP contribution in [0.1, 0.15) is 19.4 Å². The van der Waals surface area contributed by atoms with Crippen molar-refractivity contribution in [3.05, 3.63) is 35.6 Å². The van der Waals surface area contributed by atoms with Crippen molar-refractivity contribution in [2.24, 2.45) is 5.73 Å². The summed E-state index contributed by atoms with van der Waals surface area (Å²) in [5, 5.41) is 0. The van der Waals surface area contributed by atoms with E-state index in [4.69, 9.17) is 10.5 Å². The molecule has 0 aromatic heterocycles. The van der Waals surface area contributed by atoms with Crippen LogP contribution in [0.3, 0.4) is 0 Å². The summed E-state index contributed by atoms with van der Waals surface area (Å²) in [6.07, 6.45) is 0.000981. The van der Waals surface area contributed by atoms with Gasteiger partial charge in [0.1, 0.15) is 5.82 Å². The van der Waals surface area contributed by atoms with E-state index in [2.05, 4.69) is 11.8 Å². The predicted molar refractivity (Wildman–Crippen MR) is 71.8 cm³/mol. The highest BCUT2D eigenvalue weighted by atomic mass is 19.1. The Balaban J connectivity index is 2.82. The Morgan fingerprint density at radius 1 is 1.50 bits per heavy atom. The lowest BCUT2D eigenvalue weighted by molar-refractivity contribution is -0.0230. The minimum Gasteiger partial charge on any atom is -0.380 e. The van der Waals surface area contributed by atoms with Crippen LogP contribution in [0.2, 0.25) is 0 Å². The zero-order valence-corrected chi connectivity index (χ0v) is 11.6. The molecular formula is C14H23FN2O. The molecule has 0 bridgehead atoms. The second kappa shape index (κ2) is 6.27. The maximum Gasteiger partial charge on any atom is 0.123 e. The fraction of sp³-hybridized carbons (Fsp3) is 0.571. The van der Waals surface area contributed by atoms with Gasteiger partial charge < -0.3 is 10.5 Å². The van der Waals surface area contributed by atoms with Gasteiger partial charge in [0.05, 0.1) is 11.6 Å². The number of nitrogens with two attached hydrogens (primary N) is 1. The Morgan fingerprint density at radius 3 is 2.67 bits per heavy atom. The highest BCUT2D eigenvalue weighted by Crippen LogP contribution is 2.21. The molecule has 0 aliphatic heterocycles. The van der Waals surface area contributed by atoms with Gasteiger partial charge >= 0.3 is 0 Å². The SMILES string of the molecule is COC(C)C(C)(CN)N(C)Cc1cccc(F)c1. The smallest absolute Gasteiger partial charge is 0.123 e. The molecule has 0 spiro atoms. The molecule has 0 saturated carbocycles. The number of methoxy groups -OCH3 is 1. The summed E-state index contributed by atoms with van der Waals surface area (Å²) in [5.74, 6) is -0.213. The lowest BCUT2D eigenvalue weighted by atomic mass is 9.93. The van der Waals surface area contributed by atoms with E-state index < -0.39 is 0 Å². The largest absolute Gasteiger partial charge is 0.380 e. The quantitative estimate of drug-likeness (QED) is 0.844. The number of rotatable bonds is 6. The van der Waals surface area contributed by atoms with Crippen molar-refractivity contribution in [1.29, 1.82) is 0 Å². The second-order valence-electron chi connectivity index (χ2n) is 4.93. The standard InChI is InChI=1S/C14H23FN2O/c1-11(18-4)14(2,10-16)17(3)9-12-6-5-7-13(15)8-12/h5-8,11H,9-10,16H2,1-4H3. The molecule has 0 aliphatic rings. The molecule has 1 aromatic carbocycles. The van der Waals surface area contributed by atoms with Crippen LogP contribution in [0.25, 0.3) is 0 Å². The zero-order valence-electron chi connectivity index (χ0n) is 11.6. The van der Waals surface area contributed by atoms with E-state index in [-0.39, 0.29) is 17.5 Å². The molecule has 4 heteroatoms.